The van der Waals surface area contributed by atoms with Crippen LogP contribution in [0.4, 0.5) is 0 Å². The number of carbonyl (C=O) groups is 1. The van der Waals surface area contributed by atoms with Crippen molar-refractivity contribution in [1.82, 2.24) is 4.90 Å². The highest BCUT2D eigenvalue weighted by molar-refractivity contribution is 5.96. The summed E-state index contributed by atoms with van der Waals surface area (Å²) in [6, 6.07) is 16.3. The van der Waals surface area contributed by atoms with Gasteiger partial charge in [0, 0.05) is 30.0 Å². The van der Waals surface area contributed by atoms with Gasteiger partial charge in [0.25, 0.3) is 0 Å². The van der Waals surface area contributed by atoms with Crippen molar-refractivity contribution >= 4 is 5.78 Å². The Kier molecular flexibility index (Phi) is 4.51. The number of hydrogen-bond donors (Lipinski definition) is 1. The average molecular weight is 376 g/mol. The van der Waals surface area contributed by atoms with Crippen LogP contribution in [0.2, 0.25) is 0 Å². The molecule has 3 aliphatic rings. The van der Waals surface area contributed by atoms with Crippen LogP contribution in [-0.2, 0) is 11.8 Å². The molecule has 1 N–H and O–H groups in total. The van der Waals surface area contributed by atoms with E-state index in [0.717, 1.165) is 31.5 Å². The number of benzene rings is 2. The molecule has 1 saturated carbocycles. The molecule has 2 bridgehead atoms. The predicted molar refractivity (Wildman–Crippen MR) is 111 cm³/mol. The Bertz CT molecular complexity index is 877. The minimum atomic E-state index is 0.245. The van der Waals surface area contributed by atoms with Crippen molar-refractivity contribution in [2.24, 2.45) is 5.92 Å². The van der Waals surface area contributed by atoms with Gasteiger partial charge in [-0.25, -0.2) is 0 Å². The summed E-state index contributed by atoms with van der Waals surface area (Å²) in [7, 11) is 0. The van der Waals surface area contributed by atoms with E-state index in [1.165, 1.54) is 36.8 Å². The number of piperidine rings is 1. The van der Waals surface area contributed by atoms with Crippen molar-refractivity contribution in [3.05, 3.63) is 65.2 Å². The zero-order valence-electron chi connectivity index (χ0n) is 16.4. The number of Topliss-reactive ketones (excluding diaryl/α,β-unsaturated/α-hetero) is 1. The zero-order chi connectivity index (χ0) is 19.1. The van der Waals surface area contributed by atoms with Gasteiger partial charge in [0.1, 0.15) is 5.75 Å². The number of phenols is 1. The Hall–Kier alpha value is -2.13. The number of ketones is 1. The van der Waals surface area contributed by atoms with E-state index in [4.69, 9.17) is 0 Å². The lowest BCUT2D eigenvalue weighted by molar-refractivity contribution is -0.0110. The lowest BCUT2D eigenvalue weighted by Gasteiger charge is -2.59. The van der Waals surface area contributed by atoms with Gasteiger partial charge in [0.05, 0.1) is 0 Å². The number of likely N-dealkylation sites (tertiary alicyclic amines) is 1. The molecule has 146 valence electrons. The fourth-order valence-electron chi connectivity index (χ4n) is 6.36. The van der Waals surface area contributed by atoms with Gasteiger partial charge in [-0.15, -0.1) is 0 Å². The highest BCUT2D eigenvalue weighted by Crippen LogP contribution is 2.56. The molecule has 0 spiro atoms. The van der Waals surface area contributed by atoms with Crippen molar-refractivity contribution in [3.8, 4) is 5.75 Å². The molecule has 3 nitrogen and oxygen atoms in total. The van der Waals surface area contributed by atoms with Gasteiger partial charge in [-0.2, -0.15) is 0 Å². The van der Waals surface area contributed by atoms with Crippen molar-refractivity contribution in [1.29, 1.82) is 0 Å². The summed E-state index contributed by atoms with van der Waals surface area (Å²) in [4.78, 5) is 15.2. The summed E-state index contributed by atoms with van der Waals surface area (Å²) in [6.07, 6.45) is 7.96. The summed E-state index contributed by atoms with van der Waals surface area (Å²) < 4.78 is 0. The van der Waals surface area contributed by atoms with E-state index < -0.39 is 0 Å². The van der Waals surface area contributed by atoms with E-state index in [9.17, 15) is 9.90 Å². The molecule has 3 heteroatoms. The average Bonchev–Trinajstić information content (AvgIpc) is 2.74. The molecule has 5 rings (SSSR count). The number of aromatic hydroxyl groups is 1. The third-order valence-corrected chi connectivity index (χ3v) is 7.66. The molecular formula is C25H29NO2. The highest BCUT2D eigenvalue weighted by Gasteiger charge is 2.53. The molecule has 28 heavy (non-hydrogen) atoms. The number of phenolic OH excluding ortho intramolecular Hbond substituents is 1. The fourth-order valence-corrected chi connectivity index (χ4v) is 6.36. The van der Waals surface area contributed by atoms with Crippen molar-refractivity contribution in [3.63, 3.8) is 0 Å². The second-order valence-electron chi connectivity index (χ2n) is 8.95. The summed E-state index contributed by atoms with van der Waals surface area (Å²) in [5, 5.41) is 10.1. The van der Waals surface area contributed by atoms with Crippen LogP contribution in [0.1, 0.15) is 60.0 Å². The molecule has 1 saturated heterocycles. The molecule has 2 aliphatic carbocycles. The highest BCUT2D eigenvalue weighted by atomic mass is 16.3. The van der Waals surface area contributed by atoms with E-state index >= 15 is 0 Å². The maximum atomic E-state index is 12.6. The van der Waals surface area contributed by atoms with Crippen LogP contribution < -0.4 is 0 Å². The number of fused-ring (bicyclic) bond motifs is 1. The largest absolute Gasteiger partial charge is 0.508 e. The minimum absolute atomic E-state index is 0.245. The standard InChI is InChI=1S/C25H29NO2/c27-20-10-9-19-16-23-21-8-4-5-12-25(21,22(19)17-20)13-15-26(23)14-11-24(28)18-6-2-1-3-7-18/h1-3,6-7,9-10,17,21,23,27H,4-5,8,11-16H2/t21-,23-,25+/m0/s1. The van der Waals surface area contributed by atoms with Gasteiger partial charge in [0.2, 0.25) is 0 Å². The van der Waals surface area contributed by atoms with Crippen molar-refractivity contribution in [2.75, 3.05) is 13.1 Å². The van der Waals surface area contributed by atoms with Gasteiger partial charge >= 0.3 is 0 Å². The SMILES string of the molecule is O=C(CCN1CC[C@]23CCCC[C@H]2[C@@H]1Cc1ccc(O)cc13)c1ccccc1. The summed E-state index contributed by atoms with van der Waals surface area (Å²) in [6.45, 7) is 1.93. The predicted octanol–water partition coefficient (Wildman–Crippen LogP) is 4.72. The molecule has 1 heterocycles. The van der Waals surface area contributed by atoms with Crippen LogP contribution in [0.5, 0.6) is 5.75 Å². The smallest absolute Gasteiger partial charge is 0.164 e. The Balaban J connectivity index is 1.39. The Labute approximate surface area is 167 Å². The van der Waals surface area contributed by atoms with E-state index in [1.54, 1.807) is 0 Å². The lowest BCUT2D eigenvalue weighted by atomic mass is 9.52. The van der Waals surface area contributed by atoms with Crippen LogP contribution in [0.15, 0.2) is 48.5 Å². The molecule has 1 aliphatic heterocycles. The van der Waals surface area contributed by atoms with E-state index in [0.29, 0.717) is 24.1 Å². The third kappa shape index (κ3) is 2.88. The Morgan fingerprint density at radius 3 is 2.82 bits per heavy atom. The van der Waals surface area contributed by atoms with Gasteiger partial charge in [0.15, 0.2) is 5.78 Å². The maximum Gasteiger partial charge on any atom is 0.164 e. The number of carbonyl (C=O) groups excluding carboxylic acids is 1. The molecule has 2 aromatic rings. The third-order valence-electron chi connectivity index (χ3n) is 7.66. The summed E-state index contributed by atoms with van der Waals surface area (Å²) in [5.74, 6) is 1.32. The van der Waals surface area contributed by atoms with Crippen LogP contribution in [-0.4, -0.2) is 34.9 Å². The lowest BCUT2D eigenvalue weighted by Crippen LogP contribution is -2.61. The number of rotatable bonds is 4. The maximum absolute atomic E-state index is 12.6. The normalized spacial score (nSPS) is 29.0. The summed E-state index contributed by atoms with van der Waals surface area (Å²) >= 11 is 0. The minimum Gasteiger partial charge on any atom is -0.508 e. The molecule has 2 aromatic carbocycles. The van der Waals surface area contributed by atoms with Gasteiger partial charge < -0.3 is 5.11 Å². The van der Waals surface area contributed by atoms with Crippen molar-refractivity contribution < 1.29 is 9.90 Å². The molecule has 0 aromatic heterocycles. The first-order chi connectivity index (χ1) is 13.7. The summed E-state index contributed by atoms with van der Waals surface area (Å²) in [5.41, 5.74) is 3.92. The van der Waals surface area contributed by atoms with Gasteiger partial charge in [-0.05, 0) is 61.4 Å². The molecule has 0 radical (unpaired) electrons. The Morgan fingerprint density at radius 1 is 1.11 bits per heavy atom. The molecule has 3 atom stereocenters. The molecule has 0 unspecified atom stereocenters. The number of hydrogen-bond acceptors (Lipinski definition) is 3. The molecule has 2 fully saturated rings. The monoisotopic (exact) mass is 375 g/mol. The second kappa shape index (κ2) is 7.04. The number of nitrogens with zero attached hydrogens (tertiary/aromatic N) is 1. The Morgan fingerprint density at radius 2 is 1.96 bits per heavy atom. The first-order valence-corrected chi connectivity index (χ1v) is 10.8. The van der Waals surface area contributed by atoms with Crippen molar-refractivity contribution in [2.45, 2.75) is 56.4 Å². The molecule has 0 amide bonds. The van der Waals surface area contributed by atoms with Crippen LogP contribution in [0, 0.1) is 5.92 Å². The van der Waals surface area contributed by atoms with Gasteiger partial charge in [-0.1, -0.05) is 49.2 Å². The quantitative estimate of drug-likeness (QED) is 0.786. The first kappa shape index (κ1) is 17.9. The van der Waals surface area contributed by atoms with Gasteiger partial charge in [-0.3, -0.25) is 9.69 Å². The van der Waals surface area contributed by atoms with E-state index in [-0.39, 0.29) is 11.2 Å². The fraction of sp³-hybridized carbons (Fsp3) is 0.480. The van der Waals surface area contributed by atoms with Crippen LogP contribution in [0.25, 0.3) is 0 Å². The zero-order valence-corrected chi connectivity index (χ0v) is 16.4. The topological polar surface area (TPSA) is 40.5 Å². The van der Waals surface area contributed by atoms with E-state index in [1.807, 2.05) is 36.4 Å². The van der Waals surface area contributed by atoms with E-state index in [2.05, 4.69) is 17.0 Å². The van der Waals surface area contributed by atoms with Crippen LogP contribution >= 0.6 is 0 Å². The van der Waals surface area contributed by atoms with Crippen LogP contribution in [0.3, 0.4) is 0 Å². The first-order valence-electron chi connectivity index (χ1n) is 10.8. The second-order valence-corrected chi connectivity index (χ2v) is 8.95. The molecular weight excluding hydrogens is 346 g/mol.